The Labute approximate surface area is 76.7 Å². The van der Waals surface area contributed by atoms with Gasteiger partial charge in [0, 0.05) is 31.1 Å². The molecule has 70 valence electrons. The molecule has 0 saturated heterocycles. The summed E-state index contributed by atoms with van der Waals surface area (Å²) >= 11 is 0. The number of rotatable bonds is 3. The Balaban J connectivity index is 2.96. The predicted molar refractivity (Wildman–Crippen MR) is 51.9 cm³/mol. The Kier molecular flexibility index (Phi) is 3.43. The Hall–Kier alpha value is -1.38. The van der Waals surface area contributed by atoms with Crippen LogP contribution in [0.5, 0.6) is 0 Å². The van der Waals surface area contributed by atoms with E-state index in [4.69, 9.17) is 0 Å². The number of aromatic nitrogens is 1. The van der Waals surface area contributed by atoms with Gasteiger partial charge in [-0.1, -0.05) is 13.3 Å². The normalized spacial score (nSPS) is 9.92. The smallest absolute Gasteiger partial charge is 0.227 e. The summed E-state index contributed by atoms with van der Waals surface area (Å²) in [5.41, 5.74) is -0.898. The zero-order chi connectivity index (χ0) is 9.68. The van der Waals surface area contributed by atoms with Crippen LogP contribution in [0.3, 0.4) is 0 Å². The maximum Gasteiger partial charge on any atom is 0.227 e. The first-order chi connectivity index (χ1) is 6.24. The van der Waals surface area contributed by atoms with E-state index in [0.29, 0.717) is 0 Å². The van der Waals surface area contributed by atoms with Crippen LogP contribution in [0.4, 0.5) is 0 Å². The molecule has 0 atom stereocenters. The van der Waals surface area contributed by atoms with Crippen LogP contribution in [-0.2, 0) is 6.54 Å². The van der Waals surface area contributed by atoms with E-state index in [-0.39, 0.29) is 0 Å². The van der Waals surface area contributed by atoms with Crippen LogP contribution in [0, 0.1) is 0 Å². The van der Waals surface area contributed by atoms with E-state index in [2.05, 4.69) is 6.92 Å². The molecule has 3 nitrogen and oxygen atoms in total. The topological polar surface area (TPSA) is 39.1 Å². The van der Waals surface area contributed by atoms with Gasteiger partial charge in [-0.2, -0.15) is 0 Å². The van der Waals surface area contributed by atoms with Crippen molar-refractivity contribution in [1.29, 1.82) is 0 Å². The fraction of sp³-hybridized carbons (Fsp3) is 0.400. The van der Waals surface area contributed by atoms with Gasteiger partial charge in [0.2, 0.25) is 10.9 Å². The SMILES string of the molecule is CCCCn1ccc(=O)c(=O)cc1. The molecule has 1 aromatic rings. The van der Waals surface area contributed by atoms with Crippen LogP contribution in [-0.4, -0.2) is 4.57 Å². The van der Waals surface area contributed by atoms with Crippen molar-refractivity contribution in [3.63, 3.8) is 0 Å². The third kappa shape index (κ3) is 2.86. The minimum Gasteiger partial charge on any atom is -0.354 e. The van der Waals surface area contributed by atoms with Crippen molar-refractivity contribution in [3.8, 4) is 0 Å². The zero-order valence-electron chi connectivity index (χ0n) is 7.69. The average molecular weight is 179 g/mol. The summed E-state index contributed by atoms with van der Waals surface area (Å²) in [7, 11) is 0. The lowest BCUT2D eigenvalue weighted by molar-refractivity contribution is 0.630. The van der Waals surface area contributed by atoms with E-state index < -0.39 is 10.9 Å². The molecule has 0 aromatic carbocycles. The molecule has 0 aliphatic carbocycles. The fourth-order valence-corrected chi connectivity index (χ4v) is 1.03. The number of aryl methyl sites for hydroxylation is 1. The lowest BCUT2D eigenvalue weighted by Crippen LogP contribution is -2.17. The molecule has 0 amide bonds. The van der Waals surface area contributed by atoms with Crippen molar-refractivity contribution in [2.45, 2.75) is 26.3 Å². The Morgan fingerprint density at radius 1 is 1.15 bits per heavy atom. The van der Waals surface area contributed by atoms with E-state index in [0.717, 1.165) is 19.4 Å². The second-order valence-electron chi connectivity index (χ2n) is 2.95. The van der Waals surface area contributed by atoms with Gasteiger partial charge in [-0.25, -0.2) is 0 Å². The van der Waals surface area contributed by atoms with Crippen LogP contribution in [0.25, 0.3) is 0 Å². The lowest BCUT2D eigenvalue weighted by Gasteiger charge is -1.99. The van der Waals surface area contributed by atoms with Crippen molar-refractivity contribution < 1.29 is 0 Å². The predicted octanol–water partition coefficient (Wildman–Crippen LogP) is 1.01. The highest BCUT2D eigenvalue weighted by Crippen LogP contribution is 1.91. The van der Waals surface area contributed by atoms with Gasteiger partial charge in [0.25, 0.3) is 0 Å². The molecule has 0 aliphatic rings. The third-order valence-corrected chi connectivity index (χ3v) is 1.85. The number of hydrogen-bond acceptors (Lipinski definition) is 2. The molecule has 1 heterocycles. The highest BCUT2D eigenvalue weighted by molar-refractivity contribution is 4.95. The first kappa shape index (κ1) is 9.71. The van der Waals surface area contributed by atoms with Crippen LogP contribution in [0.1, 0.15) is 19.8 Å². The molecule has 1 rings (SSSR count). The number of unbranched alkanes of at least 4 members (excludes halogenated alkanes) is 1. The number of hydrogen-bond donors (Lipinski definition) is 0. The fourth-order valence-electron chi connectivity index (χ4n) is 1.03. The minimum atomic E-state index is -0.449. The summed E-state index contributed by atoms with van der Waals surface area (Å²) in [6.07, 6.45) is 5.45. The number of nitrogens with zero attached hydrogens (tertiary/aromatic N) is 1. The highest BCUT2D eigenvalue weighted by atomic mass is 16.2. The van der Waals surface area contributed by atoms with Crippen molar-refractivity contribution >= 4 is 0 Å². The Morgan fingerprint density at radius 2 is 1.69 bits per heavy atom. The van der Waals surface area contributed by atoms with Crippen LogP contribution in [0.15, 0.2) is 34.1 Å². The average Bonchev–Trinajstić information content (AvgIpc) is 2.29. The van der Waals surface area contributed by atoms with Crippen molar-refractivity contribution in [1.82, 2.24) is 4.57 Å². The van der Waals surface area contributed by atoms with Crippen LogP contribution in [0.2, 0.25) is 0 Å². The van der Waals surface area contributed by atoms with Gasteiger partial charge in [0.05, 0.1) is 0 Å². The molecule has 1 aromatic heterocycles. The quantitative estimate of drug-likeness (QED) is 0.649. The standard InChI is InChI=1S/C10H13NO2/c1-2-3-6-11-7-4-9(12)10(13)5-8-11/h4-5,7-8H,2-3,6H2,1H3. The lowest BCUT2D eigenvalue weighted by atomic mass is 10.3. The summed E-state index contributed by atoms with van der Waals surface area (Å²) in [5, 5.41) is 0. The molecule has 0 fully saturated rings. The Bertz CT molecular complexity index is 349. The van der Waals surface area contributed by atoms with Crippen molar-refractivity contribution in [3.05, 3.63) is 45.0 Å². The summed E-state index contributed by atoms with van der Waals surface area (Å²) in [4.78, 5) is 21.8. The van der Waals surface area contributed by atoms with E-state index >= 15 is 0 Å². The molecule has 0 N–H and O–H groups in total. The first-order valence-electron chi connectivity index (χ1n) is 4.44. The van der Waals surface area contributed by atoms with E-state index in [1.165, 1.54) is 12.1 Å². The maximum atomic E-state index is 10.9. The maximum absolute atomic E-state index is 10.9. The molecule has 0 saturated carbocycles. The van der Waals surface area contributed by atoms with Gasteiger partial charge in [0.15, 0.2) is 0 Å². The van der Waals surface area contributed by atoms with Gasteiger partial charge in [0.1, 0.15) is 0 Å². The largest absolute Gasteiger partial charge is 0.354 e. The van der Waals surface area contributed by atoms with Gasteiger partial charge in [-0.3, -0.25) is 9.59 Å². The molecule has 13 heavy (non-hydrogen) atoms. The van der Waals surface area contributed by atoms with Crippen LogP contribution < -0.4 is 10.9 Å². The van der Waals surface area contributed by atoms with Crippen LogP contribution >= 0.6 is 0 Å². The molecule has 0 bridgehead atoms. The summed E-state index contributed by atoms with van der Waals surface area (Å²) < 4.78 is 1.85. The molecule has 0 unspecified atom stereocenters. The zero-order valence-corrected chi connectivity index (χ0v) is 7.69. The van der Waals surface area contributed by atoms with Gasteiger partial charge in [-0.15, -0.1) is 0 Å². The summed E-state index contributed by atoms with van der Waals surface area (Å²) in [6.45, 7) is 2.95. The second-order valence-corrected chi connectivity index (χ2v) is 2.95. The summed E-state index contributed by atoms with van der Waals surface area (Å²) in [5.74, 6) is 0. The Morgan fingerprint density at radius 3 is 2.15 bits per heavy atom. The highest BCUT2D eigenvalue weighted by Gasteiger charge is 1.89. The van der Waals surface area contributed by atoms with E-state index in [1.807, 2.05) is 4.57 Å². The van der Waals surface area contributed by atoms with Crippen molar-refractivity contribution in [2.75, 3.05) is 0 Å². The molecule has 3 heteroatoms. The molecule has 0 radical (unpaired) electrons. The van der Waals surface area contributed by atoms with E-state index in [1.54, 1.807) is 12.4 Å². The first-order valence-corrected chi connectivity index (χ1v) is 4.44. The summed E-state index contributed by atoms with van der Waals surface area (Å²) in [6, 6.07) is 2.63. The second kappa shape index (κ2) is 4.60. The van der Waals surface area contributed by atoms with Gasteiger partial charge in [-0.05, 0) is 6.42 Å². The van der Waals surface area contributed by atoms with E-state index in [9.17, 15) is 9.59 Å². The van der Waals surface area contributed by atoms with Crippen molar-refractivity contribution in [2.24, 2.45) is 0 Å². The molecule has 0 spiro atoms. The third-order valence-electron chi connectivity index (χ3n) is 1.85. The minimum absolute atomic E-state index is 0.449. The molecular formula is C10H13NO2. The van der Waals surface area contributed by atoms with Gasteiger partial charge >= 0.3 is 0 Å². The monoisotopic (exact) mass is 179 g/mol. The molecular weight excluding hydrogens is 166 g/mol. The molecule has 0 aliphatic heterocycles. The van der Waals surface area contributed by atoms with Gasteiger partial charge < -0.3 is 4.57 Å².